The summed E-state index contributed by atoms with van der Waals surface area (Å²) in [5.41, 5.74) is 0.932. The van der Waals surface area contributed by atoms with E-state index < -0.39 is 46.8 Å². The number of aliphatic hydroxyl groups is 1. The molecular formula is C22H26O8S. The first-order chi connectivity index (χ1) is 15.0. The summed E-state index contributed by atoms with van der Waals surface area (Å²) < 4.78 is 54.0. The molecule has 168 valence electrons. The molecule has 2 aromatic rings. The number of benzene rings is 2. The van der Waals surface area contributed by atoms with Gasteiger partial charge in [-0.15, -0.1) is 0 Å². The molecule has 0 amide bonds. The Kier molecular flexibility index (Phi) is 7.02. The van der Waals surface area contributed by atoms with E-state index in [9.17, 15) is 13.5 Å². The number of fused-ring (bicyclic) bond motifs is 1. The zero-order valence-corrected chi connectivity index (χ0v) is 17.9. The average molecular weight is 451 g/mol. The van der Waals surface area contributed by atoms with Gasteiger partial charge in [0.2, 0.25) is 0 Å². The molecule has 4 rings (SSSR count). The van der Waals surface area contributed by atoms with Gasteiger partial charge in [0.1, 0.15) is 30.2 Å². The highest BCUT2D eigenvalue weighted by atomic mass is 32.2. The van der Waals surface area contributed by atoms with Crippen LogP contribution in [0.25, 0.3) is 0 Å². The van der Waals surface area contributed by atoms with Crippen molar-refractivity contribution in [1.82, 2.24) is 0 Å². The van der Waals surface area contributed by atoms with Crippen LogP contribution in [0.1, 0.15) is 5.56 Å². The number of rotatable bonds is 7. The van der Waals surface area contributed by atoms with Crippen LogP contribution in [-0.2, 0) is 40.1 Å². The minimum Gasteiger partial charge on any atom is -0.385 e. The van der Waals surface area contributed by atoms with Gasteiger partial charge in [0, 0.05) is 7.11 Å². The summed E-state index contributed by atoms with van der Waals surface area (Å²) in [4.78, 5) is 0.195. The van der Waals surface area contributed by atoms with E-state index in [1.807, 2.05) is 30.3 Å². The lowest BCUT2D eigenvalue weighted by molar-refractivity contribution is -0.357. The molecule has 0 spiro atoms. The van der Waals surface area contributed by atoms with Crippen molar-refractivity contribution < 1.29 is 37.2 Å². The van der Waals surface area contributed by atoms with E-state index >= 15 is 0 Å². The van der Waals surface area contributed by atoms with Crippen molar-refractivity contribution in [2.75, 3.05) is 19.5 Å². The van der Waals surface area contributed by atoms with Crippen LogP contribution in [0, 0.1) is 0 Å². The highest BCUT2D eigenvalue weighted by Crippen LogP contribution is 2.32. The summed E-state index contributed by atoms with van der Waals surface area (Å²) in [6, 6.07) is 17.7. The zero-order chi connectivity index (χ0) is 21.8. The van der Waals surface area contributed by atoms with E-state index in [1.54, 1.807) is 18.2 Å². The Bertz CT molecular complexity index is 936. The monoisotopic (exact) mass is 450 g/mol. The van der Waals surface area contributed by atoms with Crippen molar-refractivity contribution in [1.29, 1.82) is 0 Å². The molecule has 8 nitrogen and oxygen atoms in total. The molecule has 2 aliphatic heterocycles. The van der Waals surface area contributed by atoms with Crippen LogP contribution in [0.3, 0.4) is 0 Å². The van der Waals surface area contributed by atoms with Gasteiger partial charge in [-0.25, -0.2) is 8.42 Å². The van der Waals surface area contributed by atoms with E-state index in [2.05, 4.69) is 0 Å². The fourth-order valence-electron chi connectivity index (χ4n) is 3.75. The molecule has 2 aliphatic rings. The molecule has 1 N–H and O–H groups in total. The van der Waals surface area contributed by atoms with Crippen LogP contribution < -0.4 is 0 Å². The van der Waals surface area contributed by atoms with Crippen LogP contribution in [0.4, 0.5) is 0 Å². The molecule has 0 saturated carbocycles. The lowest BCUT2D eigenvalue weighted by atomic mass is 9.98. The summed E-state index contributed by atoms with van der Waals surface area (Å²) >= 11 is 0. The van der Waals surface area contributed by atoms with Gasteiger partial charge in [0.15, 0.2) is 22.4 Å². The van der Waals surface area contributed by atoms with Crippen molar-refractivity contribution in [2.45, 2.75) is 48.5 Å². The minimum atomic E-state index is -3.62. The van der Waals surface area contributed by atoms with Gasteiger partial charge in [-0.3, -0.25) is 0 Å². The van der Waals surface area contributed by atoms with Crippen molar-refractivity contribution in [2.24, 2.45) is 0 Å². The van der Waals surface area contributed by atoms with E-state index in [1.165, 1.54) is 19.2 Å². The van der Waals surface area contributed by atoms with Gasteiger partial charge in [0.05, 0.1) is 18.1 Å². The fraction of sp³-hybridized carbons (Fsp3) is 0.455. The van der Waals surface area contributed by atoms with Gasteiger partial charge in [-0.2, -0.15) is 0 Å². The maximum absolute atomic E-state index is 12.7. The molecule has 2 fully saturated rings. The van der Waals surface area contributed by atoms with Gasteiger partial charge in [0.25, 0.3) is 0 Å². The first-order valence-corrected chi connectivity index (χ1v) is 11.7. The predicted molar refractivity (Wildman–Crippen MR) is 110 cm³/mol. The van der Waals surface area contributed by atoms with Crippen LogP contribution in [-0.4, -0.2) is 70.0 Å². The maximum Gasteiger partial charge on any atom is 0.186 e. The van der Waals surface area contributed by atoms with Crippen molar-refractivity contribution in [3.63, 3.8) is 0 Å². The molecular weight excluding hydrogens is 424 g/mol. The van der Waals surface area contributed by atoms with Gasteiger partial charge < -0.3 is 28.8 Å². The summed E-state index contributed by atoms with van der Waals surface area (Å²) in [6.45, 7) is 0.344. The number of hydrogen-bond acceptors (Lipinski definition) is 8. The molecule has 6 atom stereocenters. The molecule has 9 heteroatoms. The summed E-state index contributed by atoms with van der Waals surface area (Å²) in [7, 11) is -2.19. The Labute approximate surface area is 181 Å². The topological polar surface area (TPSA) is 101 Å². The molecule has 0 bridgehead atoms. The largest absolute Gasteiger partial charge is 0.385 e. The van der Waals surface area contributed by atoms with Crippen LogP contribution in [0.5, 0.6) is 0 Å². The molecule has 1 unspecified atom stereocenters. The van der Waals surface area contributed by atoms with Crippen molar-refractivity contribution >= 4 is 9.84 Å². The smallest absolute Gasteiger partial charge is 0.186 e. The second-order valence-corrected chi connectivity index (χ2v) is 9.52. The molecule has 2 aromatic carbocycles. The van der Waals surface area contributed by atoms with Crippen molar-refractivity contribution in [3.8, 4) is 0 Å². The third-order valence-corrected chi connectivity index (χ3v) is 7.05. The summed E-state index contributed by atoms with van der Waals surface area (Å²) in [5, 5.41) is 10.7. The standard InChI is InChI=1S/C22H26O8S/c1-26-22-19(23)21(28-12-15-8-4-2-5-9-15)20-17(29-22)13-27-18(30-20)14-31(24,25)16-10-6-3-7-11-16/h2-11,17-23H,12-14H2,1H3/t17-,18?,19-,20-,21+,22+/m1/s1. The maximum atomic E-state index is 12.7. The first-order valence-electron chi connectivity index (χ1n) is 10.0. The molecule has 31 heavy (non-hydrogen) atoms. The Balaban J connectivity index is 1.48. The molecule has 0 aliphatic carbocycles. The summed E-state index contributed by atoms with van der Waals surface area (Å²) in [5.74, 6) is -0.352. The highest BCUT2D eigenvalue weighted by Gasteiger charge is 2.50. The average Bonchev–Trinajstić information content (AvgIpc) is 2.79. The normalized spacial score (nSPS) is 31.2. The number of ether oxygens (including phenoxy) is 5. The molecule has 0 radical (unpaired) electrons. The highest BCUT2D eigenvalue weighted by molar-refractivity contribution is 7.91. The lowest BCUT2D eigenvalue weighted by Gasteiger charge is -2.47. The quantitative estimate of drug-likeness (QED) is 0.678. The first kappa shape index (κ1) is 22.3. The molecule has 2 saturated heterocycles. The van der Waals surface area contributed by atoms with E-state index in [-0.39, 0.29) is 23.9 Å². The second-order valence-electron chi connectivity index (χ2n) is 7.49. The zero-order valence-electron chi connectivity index (χ0n) is 17.1. The van der Waals surface area contributed by atoms with E-state index in [0.717, 1.165) is 5.56 Å². The van der Waals surface area contributed by atoms with E-state index in [0.29, 0.717) is 0 Å². The van der Waals surface area contributed by atoms with Crippen molar-refractivity contribution in [3.05, 3.63) is 66.2 Å². The fourth-order valence-corrected chi connectivity index (χ4v) is 5.05. The van der Waals surface area contributed by atoms with Gasteiger partial charge >= 0.3 is 0 Å². The second kappa shape index (κ2) is 9.74. The Hall–Kier alpha value is -1.85. The van der Waals surface area contributed by atoms with E-state index in [4.69, 9.17) is 23.7 Å². The Morgan fingerprint density at radius 2 is 1.71 bits per heavy atom. The third kappa shape index (κ3) is 5.15. The summed E-state index contributed by atoms with van der Waals surface area (Å²) in [6.07, 6.45) is -5.09. The lowest BCUT2D eigenvalue weighted by Crippen LogP contribution is -2.64. The van der Waals surface area contributed by atoms with Crippen LogP contribution in [0.2, 0.25) is 0 Å². The Morgan fingerprint density at radius 3 is 2.39 bits per heavy atom. The number of methoxy groups -OCH3 is 1. The minimum absolute atomic E-state index is 0.0947. The Morgan fingerprint density at radius 1 is 1.03 bits per heavy atom. The van der Waals surface area contributed by atoms with Crippen LogP contribution >= 0.6 is 0 Å². The van der Waals surface area contributed by atoms with Gasteiger partial charge in [-0.1, -0.05) is 48.5 Å². The van der Waals surface area contributed by atoms with Crippen LogP contribution in [0.15, 0.2) is 65.6 Å². The number of hydrogen-bond donors (Lipinski definition) is 1. The SMILES string of the molecule is CO[C@H]1O[C@@H]2COC(CS(=O)(=O)c3ccccc3)O[C@H]2[C@@H](OCc2ccccc2)[C@H]1O. The molecule has 2 heterocycles. The predicted octanol–water partition coefficient (Wildman–Crippen LogP) is 1.52. The third-order valence-electron chi connectivity index (χ3n) is 5.35. The molecule has 0 aromatic heterocycles. The van der Waals surface area contributed by atoms with Gasteiger partial charge in [-0.05, 0) is 17.7 Å². The number of aliphatic hydroxyl groups excluding tert-OH is 1. The number of sulfone groups is 1.